The number of aryl methyl sites for hydroxylation is 1. The molecule has 1 amide bonds. The molecule has 3 nitrogen and oxygen atoms in total. The minimum Gasteiger partial charge on any atom is -0.395 e. The summed E-state index contributed by atoms with van der Waals surface area (Å²) in [4.78, 5) is 11.8. The number of aliphatic hydroxyl groups is 1. The summed E-state index contributed by atoms with van der Waals surface area (Å²) in [6.45, 7) is 3.98. The molecule has 19 heavy (non-hydrogen) atoms. The van der Waals surface area contributed by atoms with Crippen LogP contribution in [0.15, 0.2) is 30.3 Å². The van der Waals surface area contributed by atoms with Gasteiger partial charge in [0.2, 0.25) is 5.91 Å². The van der Waals surface area contributed by atoms with Gasteiger partial charge in [0, 0.05) is 17.4 Å². The maximum Gasteiger partial charge on any atom is 0.244 e. The zero-order chi connectivity index (χ0) is 14.3. The van der Waals surface area contributed by atoms with Gasteiger partial charge in [0.15, 0.2) is 0 Å². The van der Waals surface area contributed by atoms with Gasteiger partial charge < -0.3 is 10.4 Å². The highest BCUT2D eigenvalue weighted by molar-refractivity contribution is 7.99. The first kappa shape index (κ1) is 15.8. The van der Waals surface area contributed by atoms with Gasteiger partial charge in [-0.05, 0) is 31.7 Å². The number of hydrogen-bond donors (Lipinski definition) is 2. The maximum absolute atomic E-state index is 11.8. The van der Waals surface area contributed by atoms with Crippen molar-refractivity contribution in [3.63, 3.8) is 0 Å². The van der Waals surface area contributed by atoms with Gasteiger partial charge in [-0.3, -0.25) is 4.79 Å². The van der Waals surface area contributed by atoms with Gasteiger partial charge in [-0.1, -0.05) is 29.8 Å². The fourth-order valence-corrected chi connectivity index (χ4v) is 2.37. The first-order valence-corrected chi connectivity index (χ1v) is 7.54. The van der Waals surface area contributed by atoms with Crippen LogP contribution in [-0.2, 0) is 4.79 Å². The van der Waals surface area contributed by atoms with E-state index in [-0.39, 0.29) is 23.8 Å². The van der Waals surface area contributed by atoms with E-state index in [1.807, 2.05) is 44.4 Å². The van der Waals surface area contributed by atoms with Crippen LogP contribution in [0.25, 0.3) is 6.08 Å². The molecule has 0 heterocycles. The van der Waals surface area contributed by atoms with Crippen LogP contribution < -0.4 is 5.32 Å². The van der Waals surface area contributed by atoms with Crippen molar-refractivity contribution in [1.82, 2.24) is 5.32 Å². The SMILES string of the molecule is CSC(CO)C(C)NC(=O)/C=C/c1cccc(C)c1. The van der Waals surface area contributed by atoms with Crippen LogP contribution >= 0.6 is 11.8 Å². The van der Waals surface area contributed by atoms with Crippen molar-refractivity contribution in [1.29, 1.82) is 0 Å². The number of amides is 1. The molecule has 0 fully saturated rings. The van der Waals surface area contributed by atoms with E-state index in [1.165, 1.54) is 11.6 Å². The molecule has 0 radical (unpaired) electrons. The third kappa shape index (κ3) is 5.49. The van der Waals surface area contributed by atoms with Gasteiger partial charge in [-0.25, -0.2) is 0 Å². The Hall–Kier alpha value is -1.26. The average Bonchev–Trinajstić information content (AvgIpc) is 2.38. The van der Waals surface area contributed by atoms with E-state index in [0.717, 1.165) is 5.56 Å². The Kier molecular flexibility index (Phi) is 6.67. The second kappa shape index (κ2) is 8.02. The van der Waals surface area contributed by atoms with Crippen LogP contribution in [0, 0.1) is 6.92 Å². The first-order valence-electron chi connectivity index (χ1n) is 6.25. The van der Waals surface area contributed by atoms with Crippen LogP contribution in [0.2, 0.25) is 0 Å². The Balaban J connectivity index is 2.55. The number of nitrogens with one attached hydrogen (secondary N) is 1. The van der Waals surface area contributed by atoms with E-state index in [4.69, 9.17) is 5.11 Å². The molecule has 2 N–H and O–H groups in total. The van der Waals surface area contributed by atoms with Crippen LogP contribution in [0.3, 0.4) is 0 Å². The summed E-state index contributed by atoms with van der Waals surface area (Å²) in [7, 11) is 0. The first-order chi connectivity index (χ1) is 9.06. The molecule has 1 aromatic carbocycles. The van der Waals surface area contributed by atoms with Crippen LogP contribution in [0.5, 0.6) is 0 Å². The maximum atomic E-state index is 11.8. The number of aliphatic hydroxyl groups excluding tert-OH is 1. The molecule has 0 aromatic heterocycles. The highest BCUT2D eigenvalue weighted by Gasteiger charge is 2.15. The molecule has 0 aliphatic rings. The Morgan fingerprint density at radius 2 is 2.26 bits per heavy atom. The van der Waals surface area contributed by atoms with Gasteiger partial charge >= 0.3 is 0 Å². The van der Waals surface area contributed by atoms with Crippen molar-refractivity contribution in [2.24, 2.45) is 0 Å². The number of thioether (sulfide) groups is 1. The standard InChI is InChI=1S/C15H21NO2S/c1-11-5-4-6-13(9-11)7-8-15(18)16-12(2)14(10-17)19-3/h4-9,12,14,17H,10H2,1-3H3,(H,16,18)/b8-7+. The van der Waals surface area contributed by atoms with E-state index in [1.54, 1.807) is 17.8 Å². The van der Waals surface area contributed by atoms with E-state index < -0.39 is 0 Å². The highest BCUT2D eigenvalue weighted by Crippen LogP contribution is 2.10. The second-order valence-corrected chi connectivity index (χ2v) is 5.58. The minimum absolute atomic E-state index is 0.0244. The third-order valence-electron chi connectivity index (χ3n) is 2.88. The number of benzene rings is 1. The lowest BCUT2D eigenvalue weighted by atomic mass is 10.1. The molecular formula is C15H21NO2S. The molecule has 4 heteroatoms. The summed E-state index contributed by atoms with van der Waals surface area (Å²) in [6, 6.07) is 7.90. The number of carbonyl (C=O) groups is 1. The molecule has 2 unspecified atom stereocenters. The summed E-state index contributed by atoms with van der Waals surface area (Å²) >= 11 is 1.55. The Morgan fingerprint density at radius 1 is 1.53 bits per heavy atom. The zero-order valence-electron chi connectivity index (χ0n) is 11.6. The van der Waals surface area contributed by atoms with E-state index >= 15 is 0 Å². The van der Waals surface area contributed by atoms with Crippen molar-refractivity contribution in [3.8, 4) is 0 Å². The van der Waals surface area contributed by atoms with Crippen LogP contribution in [0.1, 0.15) is 18.1 Å². The van der Waals surface area contributed by atoms with Gasteiger partial charge in [-0.2, -0.15) is 11.8 Å². The topological polar surface area (TPSA) is 49.3 Å². The molecule has 2 atom stereocenters. The fourth-order valence-electron chi connectivity index (χ4n) is 1.75. The van der Waals surface area contributed by atoms with Crippen molar-refractivity contribution >= 4 is 23.7 Å². The summed E-state index contributed by atoms with van der Waals surface area (Å²) < 4.78 is 0. The zero-order valence-corrected chi connectivity index (χ0v) is 12.4. The molecule has 0 aliphatic heterocycles. The summed E-state index contributed by atoms with van der Waals surface area (Å²) in [5, 5.41) is 12.0. The van der Waals surface area contributed by atoms with Crippen LogP contribution in [0.4, 0.5) is 0 Å². The largest absolute Gasteiger partial charge is 0.395 e. The van der Waals surface area contributed by atoms with Crippen molar-refractivity contribution in [3.05, 3.63) is 41.5 Å². The van der Waals surface area contributed by atoms with E-state index in [2.05, 4.69) is 5.32 Å². The molecule has 104 valence electrons. The predicted octanol–water partition coefficient (Wildman–Crippen LogP) is 2.24. The summed E-state index contributed by atoms with van der Waals surface area (Å²) in [5.41, 5.74) is 2.17. The minimum atomic E-state index is -0.137. The number of carbonyl (C=O) groups excluding carboxylic acids is 1. The average molecular weight is 279 g/mol. The second-order valence-electron chi connectivity index (χ2n) is 4.50. The van der Waals surface area contributed by atoms with E-state index in [0.29, 0.717) is 0 Å². The predicted molar refractivity (Wildman–Crippen MR) is 82.2 cm³/mol. The molecule has 1 rings (SSSR count). The normalized spacial score (nSPS) is 14.3. The lowest BCUT2D eigenvalue weighted by Gasteiger charge is -2.20. The van der Waals surface area contributed by atoms with Gasteiger partial charge in [0.05, 0.1) is 6.61 Å². The Labute approximate surface area is 119 Å². The Bertz CT molecular complexity index is 442. The van der Waals surface area contributed by atoms with Crippen molar-refractivity contribution in [2.75, 3.05) is 12.9 Å². The molecule has 0 saturated carbocycles. The highest BCUT2D eigenvalue weighted by atomic mass is 32.2. The smallest absolute Gasteiger partial charge is 0.244 e. The lowest BCUT2D eigenvalue weighted by Crippen LogP contribution is -2.40. The van der Waals surface area contributed by atoms with E-state index in [9.17, 15) is 4.79 Å². The quantitative estimate of drug-likeness (QED) is 0.785. The number of rotatable bonds is 6. The van der Waals surface area contributed by atoms with Gasteiger partial charge in [-0.15, -0.1) is 0 Å². The van der Waals surface area contributed by atoms with Gasteiger partial charge in [0.1, 0.15) is 0 Å². The molecule has 0 bridgehead atoms. The van der Waals surface area contributed by atoms with Gasteiger partial charge in [0.25, 0.3) is 0 Å². The number of hydrogen-bond acceptors (Lipinski definition) is 3. The molecule has 0 aliphatic carbocycles. The summed E-state index contributed by atoms with van der Waals surface area (Å²) in [6.07, 6.45) is 5.24. The molecule has 1 aromatic rings. The van der Waals surface area contributed by atoms with Crippen LogP contribution in [-0.4, -0.2) is 35.2 Å². The monoisotopic (exact) mass is 279 g/mol. The Morgan fingerprint density at radius 3 is 2.84 bits per heavy atom. The summed E-state index contributed by atoms with van der Waals surface area (Å²) in [5.74, 6) is -0.137. The molecular weight excluding hydrogens is 258 g/mol. The third-order valence-corrected chi connectivity index (χ3v) is 4.04. The fraction of sp³-hybridized carbons (Fsp3) is 0.400. The van der Waals surface area contributed by atoms with Crippen molar-refractivity contribution in [2.45, 2.75) is 25.1 Å². The lowest BCUT2D eigenvalue weighted by molar-refractivity contribution is -0.117. The molecule has 0 spiro atoms. The molecule has 0 saturated heterocycles. The van der Waals surface area contributed by atoms with Crippen molar-refractivity contribution < 1.29 is 9.90 Å².